The molecule has 0 unspecified atom stereocenters. The van der Waals surface area contributed by atoms with Gasteiger partial charge in [0, 0.05) is 23.9 Å². The van der Waals surface area contributed by atoms with Crippen LogP contribution in [-0.4, -0.2) is 4.98 Å². The zero-order chi connectivity index (χ0) is 33.7. The Kier molecular flexibility index (Phi) is 10.9. The number of aryl methyl sites for hydroxylation is 2. The number of hydrogen-bond donors (Lipinski definition) is 0. The van der Waals surface area contributed by atoms with Crippen LogP contribution in [0.2, 0.25) is 0 Å². The summed E-state index contributed by atoms with van der Waals surface area (Å²) in [4.78, 5) is 4.58. The Morgan fingerprint density at radius 2 is 1.43 bits per heavy atom. The minimum absolute atomic E-state index is 0.0127. The summed E-state index contributed by atoms with van der Waals surface area (Å²) in [7, 11) is 0. The van der Waals surface area contributed by atoms with Crippen molar-refractivity contribution in [3.05, 3.63) is 118 Å². The van der Waals surface area contributed by atoms with E-state index in [1.54, 1.807) is 12.1 Å². The maximum absolute atomic E-state index is 15.1. The Morgan fingerprint density at radius 3 is 2.02 bits per heavy atom. The number of ether oxygens (including phenoxy) is 1. The summed E-state index contributed by atoms with van der Waals surface area (Å²) in [5.74, 6) is -9.35. The molecule has 1 aromatic heterocycles. The first-order valence-electron chi connectivity index (χ1n) is 15.9. The van der Waals surface area contributed by atoms with Crippen molar-refractivity contribution in [1.29, 1.82) is 0 Å². The van der Waals surface area contributed by atoms with E-state index in [0.29, 0.717) is 29.3 Å². The standard InChI is InChI=1S/C37H35F8NO/c1-2-3-4-5-22-6-9-24(10-7-22)27-14-15-34(46-21-27)26-13-12-25(29(38)18-26)11-8-23-16-30(39)35(31(40)17-23)37(44,45)47-28-19-32(41)36(43)33(42)20-28/h12-22,24H,2-11H2,1H3. The monoisotopic (exact) mass is 661 g/mol. The molecule has 2 nitrogen and oxygen atoms in total. The molecule has 0 bridgehead atoms. The number of alkyl halides is 2. The lowest BCUT2D eigenvalue weighted by atomic mass is 9.77. The summed E-state index contributed by atoms with van der Waals surface area (Å²) in [6.07, 6.45) is 6.99. The molecule has 47 heavy (non-hydrogen) atoms. The van der Waals surface area contributed by atoms with Gasteiger partial charge in [-0.1, -0.05) is 50.8 Å². The largest absolute Gasteiger partial charge is 0.432 e. The molecule has 0 spiro atoms. The van der Waals surface area contributed by atoms with Crippen molar-refractivity contribution in [2.24, 2.45) is 5.92 Å². The number of nitrogens with zero attached hydrogens (tertiary/aromatic N) is 1. The van der Waals surface area contributed by atoms with Gasteiger partial charge in [-0.3, -0.25) is 4.98 Å². The topological polar surface area (TPSA) is 22.1 Å². The maximum atomic E-state index is 15.1. The van der Waals surface area contributed by atoms with E-state index < -0.39 is 52.3 Å². The summed E-state index contributed by atoms with van der Waals surface area (Å²) in [6, 6.07) is 10.1. The molecule has 1 saturated carbocycles. The van der Waals surface area contributed by atoms with E-state index in [1.165, 1.54) is 50.2 Å². The number of hydrogen-bond acceptors (Lipinski definition) is 2. The first-order valence-corrected chi connectivity index (χ1v) is 15.9. The molecular formula is C37H35F8NO. The van der Waals surface area contributed by atoms with E-state index in [-0.39, 0.29) is 36.1 Å². The third kappa shape index (κ3) is 8.32. The summed E-state index contributed by atoms with van der Waals surface area (Å²) in [5, 5.41) is 0. The van der Waals surface area contributed by atoms with Crippen LogP contribution in [0, 0.1) is 40.8 Å². The van der Waals surface area contributed by atoms with Crippen molar-refractivity contribution >= 4 is 0 Å². The van der Waals surface area contributed by atoms with Gasteiger partial charge in [-0.25, -0.2) is 26.3 Å². The van der Waals surface area contributed by atoms with Gasteiger partial charge >= 0.3 is 6.11 Å². The van der Waals surface area contributed by atoms with Gasteiger partial charge in [0.2, 0.25) is 0 Å². The molecule has 5 rings (SSSR count). The fourth-order valence-corrected chi connectivity index (χ4v) is 6.31. The van der Waals surface area contributed by atoms with Crippen LogP contribution >= 0.6 is 0 Å². The predicted molar refractivity (Wildman–Crippen MR) is 163 cm³/mol. The van der Waals surface area contributed by atoms with Gasteiger partial charge in [0.25, 0.3) is 0 Å². The highest BCUT2D eigenvalue weighted by molar-refractivity contribution is 5.60. The normalized spacial score (nSPS) is 16.8. The van der Waals surface area contributed by atoms with Crippen molar-refractivity contribution in [2.45, 2.75) is 83.2 Å². The van der Waals surface area contributed by atoms with Crippen molar-refractivity contribution in [1.82, 2.24) is 4.98 Å². The Morgan fingerprint density at radius 1 is 0.745 bits per heavy atom. The van der Waals surface area contributed by atoms with E-state index >= 15 is 4.39 Å². The van der Waals surface area contributed by atoms with Crippen molar-refractivity contribution in [2.75, 3.05) is 0 Å². The van der Waals surface area contributed by atoms with Gasteiger partial charge in [-0.15, -0.1) is 0 Å². The molecular weight excluding hydrogens is 626 g/mol. The number of aromatic nitrogens is 1. The Hall–Kier alpha value is -3.95. The molecule has 0 N–H and O–H groups in total. The van der Waals surface area contributed by atoms with E-state index in [1.807, 2.05) is 18.3 Å². The van der Waals surface area contributed by atoms with E-state index in [0.717, 1.165) is 18.8 Å². The molecule has 0 atom stereocenters. The lowest BCUT2D eigenvalue weighted by Crippen LogP contribution is -2.25. The van der Waals surface area contributed by atoms with Crippen molar-refractivity contribution < 1.29 is 39.9 Å². The molecule has 1 fully saturated rings. The molecule has 0 saturated heterocycles. The SMILES string of the molecule is CCCCCC1CCC(c2ccc(-c3ccc(CCc4cc(F)c(C(F)(F)Oc5cc(F)c(F)c(F)c5)c(F)c4)c(F)c3)nc2)CC1. The number of benzene rings is 3. The molecule has 1 aliphatic carbocycles. The highest BCUT2D eigenvalue weighted by Gasteiger charge is 2.41. The maximum Gasteiger partial charge on any atom is 0.432 e. The second-order valence-corrected chi connectivity index (χ2v) is 12.3. The van der Waals surface area contributed by atoms with Crippen molar-refractivity contribution in [3.8, 4) is 17.0 Å². The highest BCUT2D eigenvalue weighted by Crippen LogP contribution is 2.39. The summed E-state index contributed by atoms with van der Waals surface area (Å²) < 4.78 is 118. The van der Waals surface area contributed by atoms with Gasteiger partial charge in [-0.2, -0.15) is 8.78 Å². The Bertz CT molecular complexity index is 1640. The summed E-state index contributed by atoms with van der Waals surface area (Å²) >= 11 is 0. The fraction of sp³-hybridized carbons (Fsp3) is 0.378. The van der Waals surface area contributed by atoms with E-state index in [9.17, 15) is 30.7 Å². The molecule has 4 aromatic rings. The van der Waals surface area contributed by atoms with Crippen LogP contribution in [0.5, 0.6) is 5.75 Å². The van der Waals surface area contributed by atoms with Gasteiger partial charge in [0.05, 0.1) is 5.69 Å². The summed E-state index contributed by atoms with van der Waals surface area (Å²) in [5.41, 5.74) is 0.791. The van der Waals surface area contributed by atoms with Gasteiger partial charge < -0.3 is 4.74 Å². The third-order valence-electron chi connectivity index (χ3n) is 8.95. The second-order valence-electron chi connectivity index (χ2n) is 12.3. The van der Waals surface area contributed by atoms with Crippen LogP contribution < -0.4 is 4.74 Å². The number of pyridine rings is 1. The Balaban J connectivity index is 1.20. The van der Waals surface area contributed by atoms with Crippen LogP contribution in [0.15, 0.2) is 60.8 Å². The van der Waals surface area contributed by atoms with Gasteiger partial charge in [-0.05, 0) is 91.3 Å². The zero-order valence-corrected chi connectivity index (χ0v) is 25.9. The molecule has 1 heterocycles. The van der Waals surface area contributed by atoms with Crippen LogP contribution in [0.1, 0.15) is 86.5 Å². The zero-order valence-electron chi connectivity index (χ0n) is 25.9. The average Bonchev–Trinajstić information content (AvgIpc) is 3.03. The predicted octanol–water partition coefficient (Wildman–Crippen LogP) is 11.4. The molecule has 0 radical (unpaired) electrons. The number of halogens is 8. The minimum atomic E-state index is -4.69. The summed E-state index contributed by atoms with van der Waals surface area (Å²) in [6.45, 7) is 2.22. The highest BCUT2D eigenvalue weighted by atomic mass is 19.3. The first kappa shape index (κ1) is 34.4. The third-order valence-corrected chi connectivity index (χ3v) is 8.95. The van der Waals surface area contributed by atoms with E-state index in [2.05, 4.69) is 16.6 Å². The van der Waals surface area contributed by atoms with Crippen molar-refractivity contribution in [3.63, 3.8) is 0 Å². The average molecular weight is 662 g/mol. The Labute approximate surface area is 268 Å². The van der Waals surface area contributed by atoms with Crippen LogP contribution in [0.4, 0.5) is 35.1 Å². The van der Waals surface area contributed by atoms with Gasteiger partial charge in [0.1, 0.15) is 28.8 Å². The number of unbranched alkanes of at least 4 members (excludes halogenated alkanes) is 2. The smallest absolute Gasteiger partial charge is 0.429 e. The van der Waals surface area contributed by atoms with E-state index in [4.69, 9.17) is 0 Å². The molecule has 10 heteroatoms. The first-order chi connectivity index (χ1) is 22.4. The molecule has 3 aromatic carbocycles. The molecule has 250 valence electrons. The lowest BCUT2D eigenvalue weighted by Gasteiger charge is -2.28. The molecule has 1 aliphatic rings. The lowest BCUT2D eigenvalue weighted by molar-refractivity contribution is -0.189. The minimum Gasteiger partial charge on any atom is -0.429 e. The quantitative estimate of drug-likeness (QED) is 0.0856. The number of rotatable bonds is 12. The van der Waals surface area contributed by atoms with Gasteiger partial charge in [0.15, 0.2) is 17.5 Å². The molecule has 0 amide bonds. The van der Waals surface area contributed by atoms with Crippen LogP contribution in [0.3, 0.4) is 0 Å². The second kappa shape index (κ2) is 14.9. The molecule has 0 aliphatic heterocycles. The van der Waals surface area contributed by atoms with Crippen LogP contribution in [-0.2, 0) is 19.0 Å². The fourth-order valence-electron chi connectivity index (χ4n) is 6.31. The van der Waals surface area contributed by atoms with Crippen LogP contribution in [0.25, 0.3) is 11.3 Å².